The average Bonchev–Trinajstić information content (AvgIpc) is 2.73. The van der Waals surface area contributed by atoms with Crippen molar-refractivity contribution in [3.8, 4) is 11.1 Å². The zero-order chi connectivity index (χ0) is 14.1. The van der Waals surface area contributed by atoms with Crippen LogP contribution in [0.2, 0.25) is 0 Å². The van der Waals surface area contributed by atoms with Crippen LogP contribution in [0.5, 0.6) is 0 Å². The van der Waals surface area contributed by atoms with Crippen molar-refractivity contribution in [1.29, 1.82) is 0 Å². The van der Waals surface area contributed by atoms with E-state index < -0.39 is 14.7 Å². The van der Waals surface area contributed by atoms with E-state index in [0.717, 1.165) is 0 Å². The maximum atomic E-state index is 2.47. The van der Waals surface area contributed by atoms with Crippen molar-refractivity contribution in [3.63, 3.8) is 0 Å². The molecule has 3 aromatic carbocycles. The summed E-state index contributed by atoms with van der Waals surface area (Å²) in [4.78, 5) is 2.47. The topological polar surface area (TPSA) is 0 Å². The zero-order valence-electron chi connectivity index (χ0n) is 11.6. The molecule has 0 aliphatic carbocycles. The molecule has 0 radical (unpaired) electrons. The van der Waals surface area contributed by atoms with Gasteiger partial charge in [0.2, 0.25) is 0 Å². The van der Waals surface area contributed by atoms with Crippen LogP contribution in [0.1, 0.15) is 5.56 Å². The average molecular weight is 330 g/mol. The van der Waals surface area contributed by atoms with Gasteiger partial charge in [0, 0.05) is 0 Å². The van der Waals surface area contributed by atoms with Gasteiger partial charge in [0.25, 0.3) is 0 Å². The van der Waals surface area contributed by atoms with E-state index in [9.17, 15) is 0 Å². The molecule has 21 heavy (non-hydrogen) atoms. The minimum absolute atomic E-state index is 1.33. The molecule has 1 unspecified atom stereocenters. The van der Waals surface area contributed by atoms with Crippen molar-refractivity contribution in [1.82, 2.24) is 0 Å². The van der Waals surface area contributed by atoms with Crippen molar-refractivity contribution >= 4 is 29.4 Å². The van der Waals surface area contributed by atoms with Gasteiger partial charge >= 0.3 is 130 Å². The molecule has 0 spiro atoms. The van der Waals surface area contributed by atoms with Gasteiger partial charge in [-0.2, -0.15) is 0 Å². The van der Waals surface area contributed by atoms with Crippen LogP contribution < -0.4 is 8.70 Å². The standard InChI is InChI=1S/C20H15As/c1-2-9-17(10-3-1)21-15-14-16-8-4-5-11-18(16)19-12-6-7-13-20(19)21/h1-15H. The zero-order valence-corrected chi connectivity index (χ0v) is 13.5. The summed E-state index contributed by atoms with van der Waals surface area (Å²) in [7, 11) is 0. The van der Waals surface area contributed by atoms with Gasteiger partial charge in [-0.25, -0.2) is 0 Å². The molecular formula is C20H15As. The molecule has 1 aliphatic heterocycles. The second-order valence-corrected chi connectivity index (χ2v) is 9.40. The molecule has 1 atom stereocenters. The van der Waals surface area contributed by atoms with Crippen LogP contribution in [0, 0.1) is 0 Å². The first-order valence-corrected chi connectivity index (χ1v) is 10.1. The fourth-order valence-corrected chi connectivity index (χ4v) is 7.29. The first-order valence-electron chi connectivity index (χ1n) is 7.14. The Hall–Kier alpha value is -2.04. The molecule has 3 aromatic rings. The van der Waals surface area contributed by atoms with Gasteiger partial charge in [-0.15, -0.1) is 0 Å². The molecule has 0 nitrogen and oxygen atoms in total. The normalized spacial score (nSPS) is 15.9. The Bertz CT molecular complexity index is 803. The third-order valence-electron chi connectivity index (χ3n) is 3.85. The first kappa shape index (κ1) is 12.7. The van der Waals surface area contributed by atoms with E-state index in [1.165, 1.54) is 25.4 Å². The van der Waals surface area contributed by atoms with Gasteiger partial charge in [-0.3, -0.25) is 0 Å². The van der Waals surface area contributed by atoms with Gasteiger partial charge in [-0.05, 0) is 0 Å². The third-order valence-corrected chi connectivity index (χ3v) is 8.49. The summed E-state index contributed by atoms with van der Waals surface area (Å²) >= 11 is -1.37. The Labute approximate surface area is 130 Å². The van der Waals surface area contributed by atoms with Crippen LogP contribution in [0.3, 0.4) is 0 Å². The van der Waals surface area contributed by atoms with Crippen molar-refractivity contribution in [3.05, 3.63) is 89.3 Å². The van der Waals surface area contributed by atoms with Crippen LogP contribution in [0.25, 0.3) is 17.2 Å². The summed E-state index contributed by atoms with van der Waals surface area (Å²) in [5.41, 5.74) is 4.09. The predicted molar refractivity (Wildman–Crippen MR) is 92.4 cm³/mol. The Morgan fingerprint density at radius 1 is 0.571 bits per heavy atom. The van der Waals surface area contributed by atoms with Crippen molar-refractivity contribution in [2.24, 2.45) is 0 Å². The summed E-state index contributed by atoms with van der Waals surface area (Å²) in [5.74, 6) is 0. The monoisotopic (exact) mass is 330 g/mol. The van der Waals surface area contributed by atoms with Crippen LogP contribution in [0.4, 0.5) is 0 Å². The quantitative estimate of drug-likeness (QED) is 0.599. The van der Waals surface area contributed by atoms with Crippen LogP contribution >= 0.6 is 0 Å². The number of hydrogen-bond donors (Lipinski definition) is 0. The van der Waals surface area contributed by atoms with E-state index in [1.807, 2.05) is 0 Å². The fraction of sp³-hybridized carbons (Fsp3) is 0. The summed E-state index contributed by atoms with van der Waals surface area (Å²) in [6, 6.07) is 28.6. The van der Waals surface area contributed by atoms with Crippen LogP contribution in [-0.4, -0.2) is 14.7 Å². The van der Waals surface area contributed by atoms with Gasteiger partial charge in [-0.1, -0.05) is 0 Å². The van der Waals surface area contributed by atoms with Gasteiger partial charge in [0.1, 0.15) is 0 Å². The van der Waals surface area contributed by atoms with E-state index in [0.29, 0.717) is 0 Å². The molecular weight excluding hydrogens is 315 g/mol. The van der Waals surface area contributed by atoms with Crippen molar-refractivity contribution < 1.29 is 0 Å². The summed E-state index contributed by atoms with van der Waals surface area (Å²) in [6.45, 7) is 0. The Kier molecular flexibility index (Phi) is 3.25. The number of benzene rings is 3. The van der Waals surface area contributed by atoms with Gasteiger partial charge < -0.3 is 0 Å². The molecule has 1 heterocycles. The molecule has 1 aliphatic rings. The Balaban J connectivity index is 1.98. The van der Waals surface area contributed by atoms with Crippen molar-refractivity contribution in [2.75, 3.05) is 0 Å². The molecule has 0 bridgehead atoms. The van der Waals surface area contributed by atoms with Gasteiger partial charge in [0.15, 0.2) is 0 Å². The van der Waals surface area contributed by atoms with E-state index in [2.05, 4.69) is 89.8 Å². The molecule has 0 saturated heterocycles. The molecule has 0 aromatic heterocycles. The Morgan fingerprint density at radius 3 is 2.10 bits per heavy atom. The minimum atomic E-state index is -1.37. The number of hydrogen-bond acceptors (Lipinski definition) is 0. The molecule has 0 saturated carbocycles. The first-order chi connectivity index (χ1) is 10.4. The van der Waals surface area contributed by atoms with E-state index in [-0.39, 0.29) is 0 Å². The van der Waals surface area contributed by atoms with Crippen molar-refractivity contribution in [2.45, 2.75) is 0 Å². The second-order valence-electron chi connectivity index (χ2n) is 5.13. The van der Waals surface area contributed by atoms with E-state index in [1.54, 1.807) is 0 Å². The fourth-order valence-electron chi connectivity index (χ4n) is 2.85. The maximum absolute atomic E-state index is 2.47. The molecule has 4 rings (SSSR count). The SMILES string of the molecule is C1=C[As](c2ccccc2)c2ccccc2-c2ccccc21. The molecule has 1 heteroatoms. The molecule has 0 N–H and O–H groups in total. The van der Waals surface area contributed by atoms with E-state index in [4.69, 9.17) is 0 Å². The molecule has 0 fully saturated rings. The summed E-state index contributed by atoms with van der Waals surface area (Å²) in [5, 5.41) is 0. The predicted octanol–water partition coefficient (Wildman–Crippen LogP) is 3.53. The van der Waals surface area contributed by atoms with Crippen LogP contribution in [0.15, 0.2) is 83.7 Å². The van der Waals surface area contributed by atoms with Crippen LogP contribution in [-0.2, 0) is 0 Å². The Morgan fingerprint density at radius 2 is 1.24 bits per heavy atom. The molecule has 100 valence electrons. The third kappa shape index (κ3) is 2.26. The summed E-state index contributed by atoms with van der Waals surface area (Å²) < 4.78 is 3.01. The second kappa shape index (κ2) is 5.39. The number of rotatable bonds is 1. The van der Waals surface area contributed by atoms with E-state index >= 15 is 0 Å². The molecule has 0 amide bonds. The number of fused-ring (bicyclic) bond motifs is 3. The summed E-state index contributed by atoms with van der Waals surface area (Å²) in [6.07, 6.45) is 2.32. The van der Waals surface area contributed by atoms with Gasteiger partial charge in [0.05, 0.1) is 0 Å².